The number of ether oxygens (including phenoxy) is 2. The largest absolute Gasteiger partial charge is 0.492 e. The summed E-state index contributed by atoms with van der Waals surface area (Å²) in [5.41, 5.74) is 4.48. The quantitative estimate of drug-likeness (QED) is 0.0876. The summed E-state index contributed by atoms with van der Waals surface area (Å²) in [4.78, 5) is 0. The maximum absolute atomic E-state index is 6.18. The summed E-state index contributed by atoms with van der Waals surface area (Å²) in [5.74, 6) is 5.28. The number of unbranched alkanes of at least 4 members (excludes halogenated alkanes) is 10. The first-order valence-corrected chi connectivity index (χ1v) is 17.1. The molecule has 0 spiro atoms. The summed E-state index contributed by atoms with van der Waals surface area (Å²) in [6.07, 6.45) is 15.3. The Kier molecular flexibility index (Phi) is 15.5. The van der Waals surface area contributed by atoms with Crippen LogP contribution >= 0.6 is 22.6 Å². The monoisotopic (exact) mass is 556 g/mol. The average molecular weight is 557 g/mol. The van der Waals surface area contributed by atoms with E-state index in [0.29, 0.717) is 0 Å². The van der Waals surface area contributed by atoms with E-state index in [1.807, 2.05) is 0 Å². The predicted molar refractivity (Wildman–Crippen MR) is 147 cm³/mol. The van der Waals surface area contributed by atoms with E-state index >= 15 is 0 Å². The zero-order valence-corrected chi connectivity index (χ0v) is 23.9. The van der Waals surface area contributed by atoms with Crippen LogP contribution in [0.5, 0.6) is 11.5 Å². The highest BCUT2D eigenvalue weighted by atomic mass is 127. The van der Waals surface area contributed by atoms with Crippen molar-refractivity contribution in [2.24, 2.45) is 0 Å². The topological polar surface area (TPSA) is 18.5 Å². The minimum atomic E-state index is -1.46. The van der Waals surface area contributed by atoms with Crippen molar-refractivity contribution in [3.8, 4) is 23.0 Å². The maximum atomic E-state index is 6.18. The lowest BCUT2D eigenvalue weighted by atomic mass is 10.1. The zero-order valence-electron chi connectivity index (χ0n) is 20.7. The number of benzene rings is 1. The van der Waals surface area contributed by atoms with Gasteiger partial charge in [-0.05, 0) is 41.5 Å². The van der Waals surface area contributed by atoms with Crippen molar-refractivity contribution in [3.63, 3.8) is 0 Å². The lowest BCUT2D eigenvalue weighted by Crippen LogP contribution is -2.16. The molecule has 0 amide bonds. The number of hydrogen-bond donors (Lipinski definition) is 0. The summed E-state index contributed by atoms with van der Waals surface area (Å²) < 4.78 is 13.4. The Balaban J connectivity index is 2.69. The molecule has 0 saturated heterocycles. The van der Waals surface area contributed by atoms with Crippen molar-refractivity contribution < 1.29 is 9.47 Å². The van der Waals surface area contributed by atoms with Gasteiger partial charge in [0, 0.05) is 6.07 Å². The Morgan fingerprint density at radius 1 is 0.710 bits per heavy atom. The van der Waals surface area contributed by atoms with Crippen LogP contribution in [0.15, 0.2) is 12.1 Å². The minimum absolute atomic E-state index is 0.766. The van der Waals surface area contributed by atoms with Crippen molar-refractivity contribution in [1.29, 1.82) is 0 Å². The van der Waals surface area contributed by atoms with Crippen molar-refractivity contribution in [1.82, 2.24) is 0 Å². The summed E-state index contributed by atoms with van der Waals surface area (Å²) >= 11 is 2.37. The summed E-state index contributed by atoms with van der Waals surface area (Å²) in [6, 6.07) is 4.21. The third kappa shape index (κ3) is 14.2. The molecule has 0 aliphatic heterocycles. The van der Waals surface area contributed by atoms with E-state index in [-0.39, 0.29) is 0 Å². The fourth-order valence-electron chi connectivity index (χ4n) is 3.25. The van der Waals surface area contributed by atoms with Crippen LogP contribution in [-0.2, 0) is 0 Å². The zero-order chi connectivity index (χ0) is 23.0. The van der Waals surface area contributed by atoms with Crippen molar-refractivity contribution in [2.45, 2.75) is 111 Å². The van der Waals surface area contributed by atoms with E-state index in [1.165, 1.54) is 64.2 Å². The molecule has 1 aromatic carbocycles. The van der Waals surface area contributed by atoms with E-state index in [4.69, 9.17) is 9.47 Å². The molecule has 0 unspecified atom stereocenters. The Morgan fingerprint density at radius 2 is 1.19 bits per heavy atom. The maximum Gasteiger partial charge on any atom is 0.136 e. The second-order valence-electron chi connectivity index (χ2n) is 9.51. The van der Waals surface area contributed by atoms with E-state index in [9.17, 15) is 0 Å². The number of hydrogen-bond acceptors (Lipinski definition) is 2. The fraction of sp³-hybridized carbons (Fsp3) is 0.704. The highest BCUT2D eigenvalue weighted by molar-refractivity contribution is 14.1. The van der Waals surface area contributed by atoms with Gasteiger partial charge in [0.05, 0.1) is 22.3 Å². The van der Waals surface area contributed by atoms with Gasteiger partial charge < -0.3 is 9.47 Å². The Hall–Kier alpha value is -0.673. The van der Waals surface area contributed by atoms with Crippen LogP contribution in [0.1, 0.15) is 96.5 Å². The number of rotatable bonds is 16. The second kappa shape index (κ2) is 16.9. The van der Waals surface area contributed by atoms with Gasteiger partial charge in [0.2, 0.25) is 0 Å². The Bertz CT molecular complexity index is 670. The Morgan fingerprint density at radius 3 is 1.71 bits per heavy atom. The molecule has 0 atom stereocenters. The van der Waals surface area contributed by atoms with Crippen LogP contribution in [0.25, 0.3) is 0 Å². The third-order valence-corrected chi connectivity index (χ3v) is 6.84. The van der Waals surface area contributed by atoms with Gasteiger partial charge in [0.25, 0.3) is 0 Å². The molecular weight excluding hydrogens is 511 g/mol. The molecule has 0 aliphatic carbocycles. The molecule has 176 valence electrons. The Labute approximate surface area is 207 Å². The first-order chi connectivity index (χ1) is 14.9. The van der Waals surface area contributed by atoms with Gasteiger partial charge in [0.15, 0.2) is 0 Å². The summed E-state index contributed by atoms with van der Waals surface area (Å²) in [5, 5.41) is 0. The van der Waals surface area contributed by atoms with E-state index < -0.39 is 8.07 Å². The van der Waals surface area contributed by atoms with Crippen molar-refractivity contribution >= 4 is 30.7 Å². The molecule has 0 N–H and O–H groups in total. The molecule has 4 heteroatoms. The summed E-state index contributed by atoms with van der Waals surface area (Å²) in [6.45, 7) is 12.9. The van der Waals surface area contributed by atoms with Gasteiger partial charge in [0.1, 0.15) is 19.6 Å². The highest BCUT2D eigenvalue weighted by Crippen LogP contribution is 2.30. The molecule has 31 heavy (non-hydrogen) atoms. The van der Waals surface area contributed by atoms with Gasteiger partial charge in [-0.1, -0.05) is 104 Å². The van der Waals surface area contributed by atoms with Gasteiger partial charge >= 0.3 is 0 Å². The predicted octanol–water partition coefficient (Wildman–Crippen LogP) is 9.00. The first kappa shape index (κ1) is 28.4. The SMILES string of the molecule is CCCCCCCCOc1cc(C#C[Si](C)(C)C)c(OCCCCCCCC)cc1I. The lowest BCUT2D eigenvalue weighted by molar-refractivity contribution is 0.294. The van der Waals surface area contributed by atoms with Gasteiger partial charge in [-0.25, -0.2) is 0 Å². The van der Waals surface area contributed by atoms with Gasteiger partial charge in [-0.15, -0.1) is 5.54 Å². The van der Waals surface area contributed by atoms with E-state index in [0.717, 1.165) is 46.7 Å². The smallest absolute Gasteiger partial charge is 0.136 e. The van der Waals surface area contributed by atoms with Crippen LogP contribution < -0.4 is 9.47 Å². The van der Waals surface area contributed by atoms with Gasteiger partial charge in [-0.2, -0.15) is 0 Å². The molecular formula is C27H45IO2Si. The first-order valence-electron chi connectivity index (χ1n) is 12.5. The molecule has 0 radical (unpaired) electrons. The van der Waals surface area contributed by atoms with Crippen LogP contribution in [0.4, 0.5) is 0 Å². The molecule has 0 aliphatic rings. The second-order valence-corrected chi connectivity index (χ2v) is 15.4. The molecule has 2 nitrogen and oxygen atoms in total. The fourth-order valence-corrected chi connectivity index (χ4v) is 4.35. The molecule has 0 saturated carbocycles. The van der Waals surface area contributed by atoms with Crippen LogP contribution in [-0.4, -0.2) is 21.3 Å². The van der Waals surface area contributed by atoms with E-state index in [1.54, 1.807) is 0 Å². The minimum Gasteiger partial charge on any atom is -0.492 e. The molecule has 1 rings (SSSR count). The van der Waals surface area contributed by atoms with Crippen LogP contribution in [0, 0.1) is 15.0 Å². The normalized spacial score (nSPS) is 11.2. The van der Waals surface area contributed by atoms with Crippen LogP contribution in [0.2, 0.25) is 19.6 Å². The molecule has 1 aromatic rings. The lowest BCUT2D eigenvalue weighted by Gasteiger charge is -2.14. The highest BCUT2D eigenvalue weighted by Gasteiger charge is 2.12. The molecule has 0 fully saturated rings. The number of halogens is 1. The average Bonchev–Trinajstić information content (AvgIpc) is 2.72. The molecule has 0 aromatic heterocycles. The van der Waals surface area contributed by atoms with Crippen molar-refractivity contribution in [2.75, 3.05) is 13.2 Å². The molecule has 0 heterocycles. The standard InChI is InChI=1S/C27H45IO2Si/c1-6-8-10-12-14-16-19-29-26-23-25(28)27(22-24(26)18-21-31(3,4)5)30-20-17-15-13-11-9-7-2/h22-23H,6-17,19-20H2,1-5H3. The summed E-state index contributed by atoms with van der Waals surface area (Å²) in [7, 11) is -1.46. The third-order valence-electron chi connectivity index (χ3n) is 5.12. The van der Waals surface area contributed by atoms with Crippen molar-refractivity contribution in [3.05, 3.63) is 21.3 Å². The van der Waals surface area contributed by atoms with E-state index in [2.05, 4.69) is 79.7 Å². The molecule has 0 bridgehead atoms. The van der Waals surface area contributed by atoms with Crippen LogP contribution in [0.3, 0.4) is 0 Å². The van der Waals surface area contributed by atoms with Gasteiger partial charge in [-0.3, -0.25) is 0 Å².